The highest BCUT2D eigenvalue weighted by atomic mass is 32.1. The smallest absolute Gasteiger partial charge is 0.0803 e. The van der Waals surface area contributed by atoms with Gasteiger partial charge in [0.25, 0.3) is 0 Å². The molecule has 0 spiro atoms. The highest BCUT2D eigenvalue weighted by Gasteiger charge is 2.21. The fraction of sp³-hybridized carbons (Fsp3) is 0.833. The summed E-state index contributed by atoms with van der Waals surface area (Å²) in [5.41, 5.74) is 7.17. The van der Waals surface area contributed by atoms with Gasteiger partial charge in [-0.3, -0.25) is 0 Å². The third-order valence-corrected chi connectivity index (χ3v) is 3.92. The summed E-state index contributed by atoms with van der Waals surface area (Å²) in [6, 6.07) is 0.0333. The highest BCUT2D eigenvalue weighted by Crippen LogP contribution is 2.26. The number of rotatable bonds is 7. The van der Waals surface area contributed by atoms with Gasteiger partial charge in [-0.25, -0.2) is 0 Å². The summed E-state index contributed by atoms with van der Waals surface area (Å²) in [7, 11) is 1.74. The van der Waals surface area contributed by atoms with Crippen molar-refractivity contribution >= 4 is 11.5 Å². The van der Waals surface area contributed by atoms with Crippen molar-refractivity contribution in [2.24, 2.45) is 5.73 Å². The minimum atomic E-state index is -0.110. The molecule has 17 heavy (non-hydrogen) atoms. The Bertz CT molecular complexity index is 338. The van der Waals surface area contributed by atoms with Crippen LogP contribution in [0.5, 0.6) is 0 Å². The van der Waals surface area contributed by atoms with E-state index in [4.69, 9.17) is 10.5 Å². The van der Waals surface area contributed by atoms with Crippen molar-refractivity contribution in [3.63, 3.8) is 0 Å². The summed E-state index contributed by atoms with van der Waals surface area (Å²) < 4.78 is 9.41. The molecule has 0 aliphatic heterocycles. The summed E-state index contributed by atoms with van der Waals surface area (Å²) in [5, 5.41) is 4.15. The number of nitrogens with two attached hydrogens (primary N) is 1. The van der Waals surface area contributed by atoms with Crippen LogP contribution in [0, 0.1) is 0 Å². The molecule has 1 heterocycles. The van der Waals surface area contributed by atoms with E-state index in [0.29, 0.717) is 0 Å². The molecule has 0 aromatic carbocycles. The van der Waals surface area contributed by atoms with Crippen LogP contribution >= 0.6 is 11.5 Å². The number of aromatic nitrogens is 2. The summed E-state index contributed by atoms with van der Waals surface area (Å²) in [4.78, 5) is 1.14. The van der Waals surface area contributed by atoms with Crippen LogP contribution in [0.3, 0.4) is 0 Å². The Labute approximate surface area is 108 Å². The maximum Gasteiger partial charge on any atom is 0.0803 e. The number of hydrogen-bond acceptors (Lipinski definition) is 5. The predicted octanol–water partition coefficient (Wildman–Crippen LogP) is 2.70. The molecule has 0 radical (unpaired) electrons. The third-order valence-electron chi connectivity index (χ3n) is 3.02. The lowest BCUT2D eigenvalue weighted by molar-refractivity contribution is 0.0125. The third kappa shape index (κ3) is 4.33. The monoisotopic (exact) mass is 257 g/mol. The maximum absolute atomic E-state index is 6.21. The summed E-state index contributed by atoms with van der Waals surface area (Å²) in [6.45, 7) is 6.30. The average Bonchev–Trinajstić information content (AvgIpc) is 2.75. The van der Waals surface area contributed by atoms with Gasteiger partial charge >= 0.3 is 0 Å². The van der Waals surface area contributed by atoms with Crippen LogP contribution in [0.1, 0.15) is 56.6 Å². The summed E-state index contributed by atoms with van der Waals surface area (Å²) in [5.74, 6) is 0. The second-order valence-electron chi connectivity index (χ2n) is 4.94. The van der Waals surface area contributed by atoms with Gasteiger partial charge in [0.05, 0.1) is 16.2 Å². The molecule has 0 saturated heterocycles. The number of hydrogen-bond donors (Lipinski definition) is 1. The van der Waals surface area contributed by atoms with Crippen LogP contribution in [0.15, 0.2) is 0 Å². The standard InChI is InChI=1S/C12H23N3OS/c1-5-6-10-11(17-15-14-10)9(13)7-8-12(2,3)16-4/h9H,5-8,13H2,1-4H3. The predicted molar refractivity (Wildman–Crippen MR) is 71.2 cm³/mol. The van der Waals surface area contributed by atoms with Gasteiger partial charge in [0, 0.05) is 13.2 Å². The van der Waals surface area contributed by atoms with Gasteiger partial charge in [-0.15, -0.1) is 5.10 Å². The lowest BCUT2D eigenvalue weighted by Crippen LogP contribution is -2.24. The molecule has 1 aromatic heterocycles. The highest BCUT2D eigenvalue weighted by molar-refractivity contribution is 7.05. The van der Waals surface area contributed by atoms with E-state index in [-0.39, 0.29) is 11.6 Å². The fourth-order valence-corrected chi connectivity index (χ4v) is 2.37. The molecule has 1 atom stereocenters. The molecule has 0 saturated carbocycles. The van der Waals surface area contributed by atoms with E-state index in [1.54, 1.807) is 7.11 Å². The van der Waals surface area contributed by atoms with Gasteiger partial charge in [0.2, 0.25) is 0 Å². The van der Waals surface area contributed by atoms with E-state index in [2.05, 4.69) is 30.4 Å². The van der Waals surface area contributed by atoms with Crippen molar-refractivity contribution in [3.05, 3.63) is 10.6 Å². The zero-order valence-electron chi connectivity index (χ0n) is 11.2. The molecule has 0 amide bonds. The molecule has 4 nitrogen and oxygen atoms in total. The van der Waals surface area contributed by atoms with Crippen LogP contribution in [-0.2, 0) is 11.2 Å². The molecule has 2 N–H and O–H groups in total. The van der Waals surface area contributed by atoms with Crippen molar-refractivity contribution < 1.29 is 4.74 Å². The van der Waals surface area contributed by atoms with E-state index in [1.807, 2.05) is 0 Å². The van der Waals surface area contributed by atoms with Crippen LogP contribution in [0.25, 0.3) is 0 Å². The largest absolute Gasteiger partial charge is 0.379 e. The molecular weight excluding hydrogens is 234 g/mol. The van der Waals surface area contributed by atoms with Gasteiger partial charge < -0.3 is 10.5 Å². The Morgan fingerprint density at radius 2 is 2.18 bits per heavy atom. The Balaban J connectivity index is 2.57. The topological polar surface area (TPSA) is 61.0 Å². The molecule has 5 heteroatoms. The Morgan fingerprint density at radius 3 is 2.76 bits per heavy atom. The molecule has 0 aliphatic carbocycles. The van der Waals surface area contributed by atoms with Crippen LogP contribution in [0.2, 0.25) is 0 Å². The van der Waals surface area contributed by atoms with Crippen molar-refractivity contribution in [1.82, 2.24) is 9.59 Å². The van der Waals surface area contributed by atoms with Crippen molar-refractivity contribution in [1.29, 1.82) is 0 Å². The molecule has 1 unspecified atom stereocenters. The second kappa shape index (κ2) is 6.42. The van der Waals surface area contributed by atoms with Crippen LogP contribution in [0.4, 0.5) is 0 Å². The molecule has 1 rings (SSSR count). The van der Waals surface area contributed by atoms with Crippen molar-refractivity contribution in [2.75, 3.05) is 7.11 Å². The summed E-state index contributed by atoms with van der Waals surface area (Å²) >= 11 is 1.43. The average molecular weight is 257 g/mol. The number of methoxy groups -OCH3 is 1. The van der Waals surface area contributed by atoms with E-state index < -0.39 is 0 Å². The molecule has 98 valence electrons. The van der Waals surface area contributed by atoms with Crippen LogP contribution < -0.4 is 5.73 Å². The first-order valence-electron chi connectivity index (χ1n) is 6.12. The van der Waals surface area contributed by atoms with Gasteiger partial charge in [0.1, 0.15) is 0 Å². The van der Waals surface area contributed by atoms with Gasteiger partial charge in [0.15, 0.2) is 0 Å². The molecule has 0 bridgehead atoms. The lowest BCUT2D eigenvalue weighted by Gasteiger charge is -2.24. The van der Waals surface area contributed by atoms with Crippen molar-refractivity contribution in [2.45, 2.75) is 58.1 Å². The summed E-state index contributed by atoms with van der Waals surface area (Å²) in [6.07, 6.45) is 3.89. The quantitative estimate of drug-likeness (QED) is 0.816. The SMILES string of the molecule is CCCc1nnsc1C(N)CCC(C)(C)OC. The normalized spacial score (nSPS) is 13.9. The maximum atomic E-state index is 6.21. The first-order chi connectivity index (χ1) is 8.00. The Hall–Kier alpha value is -0.520. The molecule has 1 aromatic rings. The number of nitrogens with zero attached hydrogens (tertiary/aromatic N) is 2. The van der Waals surface area contributed by atoms with Gasteiger partial charge in [-0.2, -0.15) is 0 Å². The van der Waals surface area contributed by atoms with E-state index in [9.17, 15) is 0 Å². The lowest BCUT2D eigenvalue weighted by atomic mass is 9.97. The van der Waals surface area contributed by atoms with E-state index in [1.165, 1.54) is 11.5 Å². The number of aryl methyl sites for hydroxylation is 1. The second-order valence-corrected chi connectivity index (χ2v) is 5.73. The Morgan fingerprint density at radius 1 is 1.47 bits per heavy atom. The zero-order chi connectivity index (χ0) is 12.9. The van der Waals surface area contributed by atoms with E-state index >= 15 is 0 Å². The van der Waals surface area contributed by atoms with Crippen molar-refractivity contribution in [3.8, 4) is 0 Å². The number of ether oxygens (including phenoxy) is 1. The molecule has 0 fully saturated rings. The Kier molecular flexibility index (Phi) is 5.49. The molecule has 0 aliphatic rings. The first kappa shape index (κ1) is 14.5. The molecular formula is C12H23N3OS. The fourth-order valence-electron chi connectivity index (χ4n) is 1.64. The first-order valence-corrected chi connectivity index (χ1v) is 6.89. The minimum absolute atomic E-state index is 0.0333. The van der Waals surface area contributed by atoms with E-state index in [0.717, 1.165) is 36.3 Å². The van der Waals surface area contributed by atoms with Crippen LogP contribution in [-0.4, -0.2) is 22.3 Å². The van der Waals surface area contributed by atoms with Gasteiger partial charge in [-0.05, 0) is 44.6 Å². The van der Waals surface area contributed by atoms with Gasteiger partial charge in [-0.1, -0.05) is 17.8 Å². The zero-order valence-corrected chi connectivity index (χ0v) is 12.0. The minimum Gasteiger partial charge on any atom is -0.379 e.